The summed E-state index contributed by atoms with van der Waals surface area (Å²) < 4.78 is 5.23. The number of methoxy groups -OCH3 is 1. The van der Waals surface area contributed by atoms with Crippen molar-refractivity contribution in [1.82, 2.24) is 0 Å². The fourth-order valence-electron chi connectivity index (χ4n) is 2.65. The average Bonchev–Trinajstić information content (AvgIpc) is 3.38. The van der Waals surface area contributed by atoms with Gasteiger partial charge >= 0.3 is 0 Å². The Balaban J connectivity index is 1.80. The summed E-state index contributed by atoms with van der Waals surface area (Å²) in [6, 6.07) is 16.6. The highest BCUT2D eigenvalue weighted by atomic mass is 16.5. The van der Waals surface area contributed by atoms with Gasteiger partial charge in [0.1, 0.15) is 5.75 Å². The average molecular weight is 283 g/mol. The van der Waals surface area contributed by atoms with Crippen LogP contribution in [0.15, 0.2) is 48.5 Å². The van der Waals surface area contributed by atoms with E-state index in [1.165, 1.54) is 18.4 Å². The zero-order chi connectivity index (χ0) is 14.7. The third-order valence-corrected chi connectivity index (χ3v) is 4.00. The van der Waals surface area contributed by atoms with Crippen LogP contribution in [-0.2, 0) is 6.61 Å². The molecular weight excluding hydrogens is 262 g/mol. The first-order valence-corrected chi connectivity index (χ1v) is 7.40. The Labute approximate surface area is 125 Å². The van der Waals surface area contributed by atoms with E-state index in [9.17, 15) is 5.11 Å². The number of anilines is 1. The van der Waals surface area contributed by atoms with Crippen LogP contribution in [0.25, 0.3) is 0 Å². The number of nitrogens with one attached hydrogen (secondary N) is 1. The molecule has 1 saturated carbocycles. The Bertz CT molecular complexity index is 590. The quantitative estimate of drug-likeness (QED) is 0.848. The molecule has 1 fully saturated rings. The molecule has 0 aliphatic heterocycles. The molecule has 1 atom stereocenters. The van der Waals surface area contributed by atoms with Gasteiger partial charge in [0, 0.05) is 5.69 Å². The van der Waals surface area contributed by atoms with Crippen LogP contribution in [0, 0.1) is 5.92 Å². The Hall–Kier alpha value is -2.00. The van der Waals surface area contributed by atoms with E-state index < -0.39 is 0 Å². The first-order valence-electron chi connectivity index (χ1n) is 7.40. The molecule has 0 aromatic heterocycles. The predicted molar refractivity (Wildman–Crippen MR) is 84.4 cm³/mol. The van der Waals surface area contributed by atoms with E-state index in [0.29, 0.717) is 12.0 Å². The molecular formula is C18H21NO2. The van der Waals surface area contributed by atoms with Crippen LogP contribution in [0.1, 0.15) is 30.0 Å². The number of aliphatic hydroxyl groups is 1. The minimum atomic E-state index is 0.0755. The van der Waals surface area contributed by atoms with E-state index in [4.69, 9.17) is 4.74 Å². The number of ether oxygens (including phenoxy) is 1. The van der Waals surface area contributed by atoms with Crippen molar-refractivity contribution in [2.75, 3.05) is 12.4 Å². The van der Waals surface area contributed by atoms with Gasteiger partial charge in [-0.15, -0.1) is 0 Å². The smallest absolute Gasteiger partial charge is 0.118 e. The number of hydrogen-bond acceptors (Lipinski definition) is 3. The number of aliphatic hydroxyl groups excluding tert-OH is 1. The van der Waals surface area contributed by atoms with Crippen molar-refractivity contribution in [3.8, 4) is 5.75 Å². The maximum atomic E-state index is 9.25. The van der Waals surface area contributed by atoms with Crippen molar-refractivity contribution in [3.63, 3.8) is 0 Å². The van der Waals surface area contributed by atoms with E-state index in [0.717, 1.165) is 17.0 Å². The van der Waals surface area contributed by atoms with Crippen LogP contribution in [0.3, 0.4) is 0 Å². The molecule has 2 aromatic carbocycles. The largest absolute Gasteiger partial charge is 0.497 e. The third-order valence-electron chi connectivity index (χ3n) is 4.00. The molecule has 0 heterocycles. The molecule has 3 heteroatoms. The van der Waals surface area contributed by atoms with E-state index in [-0.39, 0.29) is 6.61 Å². The van der Waals surface area contributed by atoms with Gasteiger partial charge in [0.25, 0.3) is 0 Å². The van der Waals surface area contributed by atoms with Gasteiger partial charge in [-0.05, 0) is 54.2 Å². The summed E-state index contributed by atoms with van der Waals surface area (Å²) in [5, 5.41) is 12.9. The van der Waals surface area contributed by atoms with Gasteiger partial charge < -0.3 is 15.2 Å². The molecule has 0 spiro atoms. The summed E-state index contributed by atoms with van der Waals surface area (Å²) in [4.78, 5) is 0. The molecule has 1 aliphatic rings. The number of benzene rings is 2. The molecule has 2 aromatic rings. The predicted octanol–water partition coefficient (Wildman–Crippen LogP) is 3.75. The molecule has 3 nitrogen and oxygen atoms in total. The highest BCUT2D eigenvalue weighted by molar-refractivity contribution is 5.48. The second-order valence-electron chi connectivity index (χ2n) is 5.59. The Morgan fingerprint density at radius 2 is 1.95 bits per heavy atom. The zero-order valence-corrected chi connectivity index (χ0v) is 12.3. The Kier molecular flexibility index (Phi) is 4.11. The lowest BCUT2D eigenvalue weighted by molar-refractivity contribution is 0.282. The highest BCUT2D eigenvalue weighted by Crippen LogP contribution is 2.43. The summed E-state index contributed by atoms with van der Waals surface area (Å²) in [6.45, 7) is 0.0755. The van der Waals surface area contributed by atoms with Gasteiger partial charge in [0.2, 0.25) is 0 Å². The van der Waals surface area contributed by atoms with Gasteiger partial charge in [-0.2, -0.15) is 0 Å². The van der Waals surface area contributed by atoms with Crippen molar-refractivity contribution < 1.29 is 9.84 Å². The van der Waals surface area contributed by atoms with Crippen LogP contribution < -0.4 is 10.1 Å². The standard InChI is InChI=1S/C18H21NO2/c1-21-17-9-7-15(8-10-17)18(14-5-6-14)19-16-4-2-3-13(11-16)12-20/h2-4,7-11,14,18-20H,5-6,12H2,1H3. The van der Waals surface area contributed by atoms with Gasteiger partial charge in [-0.3, -0.25) is 0 Å². The van der Waals surface area contributed by atoms with Crippen molar-refractivity contribution >= 4 is 5.69 Å². The van der Waals surface area contributed by atoms with Crippen molar-refractivity contribution in [1.29, 1.82) is 0 Å². The maximum absolute atomic E-state index is 9.25. The van der Waals surface area contributed by atoms with Crippen LogP contribution in [0.4, 0.5) is 5.69 Å². The van der Waals surface area contributed by atoms with Crippen LogP contribution >= 0.6 is 0 Å². The first-order chi connectivity index (χ1) is 10.3. The molecule has 0 bridgehead atoms. The molecule has 3 rings (SSSR count). The van der Waals surface area contributed by atoms with Gasteiger partial charge in [0.05, 0.1) is 19.8 Å². The normalized spacial score (nSPS) is 15.5. The maximum Gasteiger partial charge on any atom is 0.118 e. The SMILES string of the molecule is COc1ccc(C(Nc2cccc(CO)c2)C2CC2)cc1. The van der Waals surface area contributed by atoms with Crippen LogP contribution in [-0.4, -0.2) is 12.2 Å². The minimum Gasteiger partial charge on any atom is -0.497 e. The highest BCUT2D eigenvalue weighted by Gasteiger charge is 2.32. The lowest BCUT2D eigenvalue weighted by Crippen LogP contribution is -2.13. The van der Waals surface area contributed by atoms with Crippen molar-refractivity contribution in [2.24, 2.45) is 5.92 Å². The van der Waals surface area contributed by atoms with Gasteiger partial charge in [0.15, 0.2) is 0 Å². The van der Waals surface area contributed by atoms with E-state index in [1.54, 1.807) is 7.11 Å². The lowest BCUT2D eigenvalue weighted by atomic mass is 10.0. The Morgan fingerprint density at radius 3 is 2.57 bits per heavy atom. The fraction of sp³-hybridized carbons (Fsp3) is 0.333. The summed E-state index contributed by atoms with van der Waals surface area (Å²) in [5.74, 6) is 1.58. The van der Waals surface area contributed by atoms with E-state index in [1.807, 2.05) is 30.3 Å². The lowest BCUT2D eigenvalue weighted by Gasteiger charge is -2.21. The summed E-state index contributed by atoms with van der Waals surface area (Å²) in [7, 11) is 1.69. The zero-order valence-electron chi connectivity index (χ0n) is 12.3. The summed E-state index contributed by atoms with van der Waals surface area (Å²) in [6.07, 6.45) is 2.53. The van der Waals surface area contributed by atoms with Crippen LogP contribution in [0.5, 0.6) is 5.75 Å². The second kappa shape index (κ2) is 6.19. The molecule has 21 heavy (non-hydrogen) atoms. The molecule has 0 amide bonds. The molecule has 1 aliphatic carbocycles. The number of rotatable bonds is 6. The summed E-state index contributed by atoms with van der Waals surface area (Å²) >= 11 is 0. The molecule has 0 saturated heterocycles. The third kappa shape index (κ3) is 3.37. The molecule has 0 radical (unpaired) electrons. The monoisotopic (exact) mass is 283 g/mol. The second-order valence-corrected chi connectivity index (χ2v) is 5.59. The van der Waals surface area contributed by atoms with Crippen molar-refractivity contribution in [2.45, 2.75) is 25.5 Å². The van der Waals surface area contributed by atoms with Crippen LogP contribution in [0.2, 0.25) is 0 Å². The summed E-state index contributed by atoms with van der Waals surface area (Å²) in [5.41, 5.74) is 3.28. The molecule has 110 valence electrons. The van der Waals surface area contributed by atoms with E-state index in [2.05, 4.69) is 23.5 Å². The van der Waals surface area contributed by atoms with Gasteiger partial charge in [-0.25, -0.2) is 0 Å². The first kappa shape index (κ1) is 14.0. The molecule has 1 unspecified atom stereocenters. The fourth-order valence-corrected chi connectivity index (χ4v) is 2.65. The topological polar surface area (TPSA) is 41.5 Å². The van der Waals surface area contributed by atoms with E-state index >= 15 is 0 Å². The number of hydrogen-bond donors (Lipinski definition) is 2. The van der Waals surface area contributed by atoms with Gasteiger partial charge in [-0.1, -0.05) is 24.3 Å². The van der Waals surface area contributed by atoms with Crippen molar-refractivity contribution in [3.05, 3.63) is 59.7 Å². The molecule has 2 N–H and O–H groups in total. The Morgan fingerprint density at radius 1 is 1.19 bits per heavy atom. The minimum absolute atomic E-state index is 0.0755.